The van der Waals surface area contributed by atoms with Crippen LogP contribution in [0.2, 0.25) is 0 Å². The Morgan fingerprint density at radius 2 is 1.93 bits per heavy atom. The maximum absolute atomic E-state index is 4.49. The van der Waals surface area contributed by atoms with Gasteiger partial charge in [0.1, 0.15) is 5.82 Å². The van der Waals surface area contributed by atoms with Crippen LogP contribution in [0.15, 0.2) is 42.7 Å². The normalized spacial score (nSPS) is 9.93. The molecule has 0 unspecified atom stereocenters. The molecule has 3 heteroatoms. The third kappa shape index (κ3) is 2.31. The van der Waals surface area contributed by atoms with E-state index in [4.69, 9.17) is 0 Å². The highest BCUT2D eigenvalue weighted by molar-refractivity contribution is 5.60. The van der Waals surface area contributed by atoms with E-state index >= 15 is 0 Å². The minimum Gasteiger partial charge on any atom is -0.370 e. The topological polar surface area (TPSA) is 37.8 Å². The van der Waals surface area contributed by atoms with Gasteiger partial charge in [0.2, 0.25) is 0 Å². The summed E-state index contributed by atoms with van der Waals surface area (Å²) in [5.41, 5.74) is 2.06. The molecule has 0 radical (unpaired) electrons. The van der Waals surface area contributed by atoms with Gasteiger partial charge in [-0.3, -0.25) is 4.98 Å². The summed E-state index contributed by atoms with van der Waals surface area (Å²) in [7, 11) is 0. The molecule has 0 aromatic carbocycles. The number of hydrogen-bond donors (Lipinski definition) is 1. The average molecular weight is 199 g/mol. The van der Waals surface area contributed by atoms with Crippen molar-refractivity contribution in [2.24, 2.45) is 0 Å². The fourth-order valence-electron chi connectivity index (χ4n) is 1.40. The molecule has 76 valence electrons. The van der Waals surface area contributed by atoms with Gasteiger partial charge in [-0.1, -0.05) is 6.07 Å². The lowest BCUT2D eigenvalue weighted by molar-refractivity contribution is 1.16. The number of aromatic nitrogens is 2. The van der Waals surface area contributed by atoms with Crippen molar-refractivity contribution in [1.29, 1.82) is 0 Å². The molecule has 1 N–H and O–H groups in total. The first-order valence-corrected chi connectivity index (χ1v) is 5.01. The second-order valence-electron chi connectivity index (χ2n) is 3.17. The van der Waals surface area contributed by atoms with Gasteiger partial charge in [0.25, 0.3) is 0 Å². The third-order valence-electron chi connectivity index (χ3n) is 2.08. The summed E-state index contributed by atoms with van der Waals surface area (Å²) in [5.74, 6) is 0.909. The van der Waals surface area contributed by atoms with Crippen molar-refractivity contribution >= 4 is 5.82 Å². The first-order chi connectivity index (χ1) is 7.40. The summed E-state index contributed by atoms with van der Waals surface area (Å²) in [6.45, 7) is 2.94. The number of pyridine rings is 2. The number of nitrogens with one attached hydrogen (secondary N) is 1. The fraction of sp³-hybridized carbons (Fsp3) is 0.167. The minimum atomic E-state index is 0.882. The maximum atomic E-state index is 4.49. The molecule has 2 rings (SSSR count). The summed E-state index contributed by atoms with van der Waals surface area (Å²) < 4.78 is 0. The molecule has 2 aromatic heterocycles. The number of rotatable bonds is 3. The van der Waals surface area contributed by atoms with E-state index in [0.717, 1.165) is 23.6 Å². The van der Waals surface area contributed by atoms with Gasteiger partial charge in [0, 0.05) is 24.5 Å². The predicted octanol–water partition coefficient (Wildman–Crippen LogP) is 2.58. The van der Waals surface area contributed by atoms with E-state index in [2.05, 4.69) is 22.2 Å². The molecule has 0 aliphatic heterocycles. The highest BCUT2D eigenvalue weighted by atomic mass is 15.0. The van der Waals surface area contributed by atoms with Crippen LogP contribution in [0.25, 0.3) is 11.3 Å². The molecule has 3 nitrogen and oxygen atoms in total. The molecule has 0 saturated heterocycles. The number of anilines is 1. The van der Waals surface area contributed by atoms with Crippen molar-refractivity contribution < 1.29 is 0 Å². The third-order valence-corrected chi connectivity index (χ3v) is 2.08. The highest BCUT2D eigenvalue weighted by Crippen LogP contribution is 2.17. The molecule has 2 aromatic rings. The summed E-state index contributed by atoms with van der Waals surface area (Å²) in [6, 6.07) is 9.88. The average Bonchev–Trinajstić information content (AvgIpc) is 2.31. The Kier molecular flexibility index (Phi) is 2.93. The predicted molar refractivity (Wildman–Crippen MR) is 61.6 cm³/mol. The summed E-state index contributed by atoms with van der Waals surface area (Å²) >= 11 is 0. The van der Waals surface area contributed by atoms with Crippen LogP contribution in [0, 0.1) is 0 Å². The molecule has 0 atom stereocenters. The minimum absolute atomic E-state index is 0.882. The van der Waals surface area contributed by atoms with Crippen LogP contribution in [-0.2, 0) is 0 Å². The molecule has 0 saturated carbocycles. The van der Waals surface area contributed by atoms with Crippen LogP contribution in [-0.4, -0.2) is 16.5 Å². The quantitative estimate of drug-likeness (QED) is 0.825. The second kappa shape index (κ2) is 4.55. The Morgan fingerprint density at radius 1 is 1.13 bits per heavy atom. The van der Waals surface area contributed by atoms with Crippen LogP contribution < -0.4 is 5.32 Å². The van der Waals surface area contributed by atoms with Crippen molar-refractivity contribution in [3.63, 3.8) is 0 Å². The van der Waals surface area contributed by atoms with Crippen molar-refractivity contribution in [3.8, 4) is 11.3 Å². The van der Waals surface area contributed by atoms with E-state index in [1.54, 1.807) is 12.4 Å². The van der Waals surface area contributed by atoms with Gasteiger partial charge in [-0.15, -0.1) is 0 Å². The Morgan fingerprint density at radius 3 is 2.67 bits per heavy atom. The lowest BCUT2D eigenvalue weighted by Crippen LogP contribution is -1.99. The van der Waals surface area contributed by atoms with Crippen LogP contribution in [0.3, 0.4) is 0 Å². The summed E-state index contributed by atoms with van der Waals surface area (Å²) in [4.78, 5) is 8.48. The molecular formula is C12H13N3. The molecule has 0 fully saturated rings. The number of nitrogens with zero attached hydrogens (tertiary/aromatic N) is 2. The first kappa shape index (κ1) is 9.65. The standard InChI is InChI=1S/C12H13N3/c1-2-14-12-5-3-4-11(15-12)10-6-8-13-9-7-10/h3-9H,2H2,1H3,(H,14,15). The maximum Gasteiger partial charge on any atom is 0.126 e. The zero-order chi connectivity index (χ0) is 10.5. The van der Waals surface area contributed by atoms with Crippen molar-refractivity contribution in [3.05, 3.63) is 42.7 Å². The molecule has 0 aliphatic rings. The zero-order valence-electron chi connectivity index (χ0n) is 8.64. The molecule has 2 heterocycles. The van der Waals surface area contributed by atoms with Gasteiger partial charge in [-0.25, -0.2) is 4.98 Å². The van der Waals surface area contributed by atoms with E-state index in [1.165, 1.54) is 0 Å². The molecule has 0 aliphatic carbocycles. The molecule has 0 bridgehead atoms. The smallest absolute Gasteiger partial charge is 0.126 e. The van der Waals surface area contributed by atoms with Gasteiger partial charge in [0.05, 0.1) is 5.69 Å². The molecule has 0 amide bonds. The largest absolute Gasteiger partial charge is 0.370 e. The summed E-state index contributed by atoms with van der Waals surface area (Å²) in [6.07, 6.45) is 3.55. The van der Waals surface area contributed by atoms with Crippen LogP contribution >= 0.6 is 0 Å². The highest BCUT2D eigenvalue weighted by Gasteiger charge is 1.99. The zero-order valence-corrected chi connectivity index (χ0v) is 8.64. The Hall–Kier alpha value is -1.90. The van der Waals surface area contributed by atoms with E-state index < -0.39 is 0 Å². The lowest BCUT2D eigenvalue weighted by atomic mass is 10.2. The Bertz CT molecular complexity index is 426. The van der Waals surface area contributed by atoms with Crippen LogP contribution in [0.4, 0.5) is 5.82 Å². The van der Waals surface area contributed by atoms with Gasteiger partial charge < -0.3 is 5.32 Å². The van der Waals surface area contributed by atoms with Gasteiger partial charge in [0.15, 0.2) is 0 Å². The van der Waals surface area contributed by atoms with Gasteiger partial charge >= 0.3 is 0 Å². The first-order valence-electron chi connectivity index (χ1n) is 5.01. The molecule has 15 heavy (non-hydrogen) atoms. The lowest BCUT2D eigenvalue weighted by Gasteiger charge is -2.04. The van der Waals surface area contributed by atoms with Gasteiger partial charge in [-0.2, -0.15) is 0 Å². The van der Waals surface area contributed by atoms with Crippen LogP contribution in [0.1, 0.15) is 6.92 Å². The Balaban J connectivity index is 2.33. The Labute approximate surface area is 89.2 Å². The summed E-state index contributed by atoms with van der Waals surface area (Å²) in [5, 5.41) is 3.19. The molecule has 0 spiro atoms. The van der Waals surface area contributed by atoms with Crippen molar-refractivity contribution in [2.75, 3.05) is 11.9 Å². The second-order valence-corrected chi connectivity index (χ2v) is 3.17. The van der Waals surface area contributed by atoms with E-state index in [0.29, 0.717) is 0 Å². The van der Waals surface area contributed by atoms with Crippen LogP contribution in [0.5, 0.6) is 0 Å². The van der Waals surface area contributed by atoms with E-state index in [1.807, 2.05) is 30.3 Å². The fourth-order valence-corrected chi connectivity index (χ4v) is 1.40. The van der Waals surface area contributed by atoms with Crippen molar-refractivity contribution in [1.82, 2.24) is 9.97 Å². The molecular weight excluding hydrogens is 186 g/mol. The van der Waals surface area contributed by atoms with E-state index in [9.17, 15) is 0 Å². The SMILES string of the molecule is CCNc1cccc(-c2ccncc2)n1. The van der Waals surface area contributed by atoms with E-state index in [-0.39, 0.29) is 0 Å². The number of hydrogen-bond acceptors (Lipinski definition) is 3. The van der Waals surface area contributed by atoms with Crippen molar-refractivity contribution in [2.45, 2.75) is 6.92 Å². The monoisotopic (exact) mass is 199 g/mol. The van der Waals surface area contributed by atoms with Gasteiger partial charge in [-0.05, 0) is 31.2 Å².